The third-order valence-corrected chi connectivity index (χ3v) is 14.4. The van der Waals surface area contributed by atoms with E-state index in [1.165, 1.54) is 15.4 Å². The number of piperidine rings is 3. The fraction of sp³-hybridized carbons (Fsp3) is 0.396. The van der Waals surface area contributed by atoms with Crippen LogP contribution >= 0.6 is 0 Å². The van der Waals surface area contributed by atoms with E-state index < -0.39 is 11.9 Å². The van der Waals surface area contributed by atoms with Gasteiger partial charge in [-0.05, 0) is 105 Å². The Bertz CT molecular complexity index is 3090. The van der Waals surface area contributed by atoms with E-state index in [9.17, 15) is 29.2 Å². The lowest BCUT2D eigenvalue weighted by atomic mass is 9.95. The number of likely N-dealkylation sites (tertiary alicyclic amines) is 1. The maximum atomic E-state index is 13.4. The number of fused-ring (bicyclic) bond motifs is 1. The monoisotopic (exact) mass is 956 g/mol. The summed E-state index contributed by atoms with van der Waals surface area (Å²) in [6.45, 7) is 9.10. The average Bonchev–Trinajstić information content (AvgIpc) is 3.40. The molecule has 1 N–H and O–H groups in total. The van der Waals surface area contributed by atoms with E-state index in [2.05, 4.69) is 46.3 Å². The highest BCUT2D eigenvalue weighted by molar-refractivity contribution is 5.99. The average molecular weight is 957 g/mol. The van der Waals surface area contributed by atoms with Gasteiger partial charge in [0.15, 0.2) is 11.6 Å². The fourth-order valence-electron chi connectivity index (χ4n) is 10.2. The number of nitriles is 1. The summed E-state index contributed by atoms with van der Waals surface area (Å²) in [6, 6.07) is 25.2. The van der Waals surface area contributed by atoms with Crippen molar-refractivity contribution in [3.63, 3.8) is 0 Å². The summed E-state index contributed by atoms with van der Waals surface area (Å²) in [6.07, 6.45) is 9.48. The molecule has 0 spiro atoms. The van der Waals surface area contributed by atoms with Gasteiger partial charge in [-0.2, -0.15) is 15.5 Å². The summed E-state index contributed by atoms with van der Waals surface area (Å²) in [5, 5.41) is 21.7. The molecule has 3 amide bonds. The normalized spacial score (nSPS) is 18.6. The van der Waals surface area contributed by atoms with Crippen LogP contribution in [0.5, 0.6) is 5.75 Å². The smallest absolute Gasteiger partial charge is 0.275 e. The Balaban J connectivity index is 0.623. The van der Waals surface area contributed by atoms with Crippen molar-refractivity contribution in [3.05, 3.63) is 129 Å². The molecule has 3 aromatic heterocycles. The third kappa shape index (κ3) is 11.1. The van der Waals surface area contributed by atoms with Crippen LogP contribution in [0.15, 0.2) is 107 Å². The minimum atomic E-state index is -0.787. The maximum absolute atomic E-state index is 13.4. The number of hydrogen-bond acceptors (Lipinski definition) is 14. The lowest BCUT2D eigenvalue weighted by Crippen LogP contribution is -2.53. The van der Waals surface area contributed by atoms with Crippen LogP contribution in [0, 0.1) is 23.2 Å². The van der Waals surface area contributed by atoms with E-state index in [-0.39, 0.29) is 42.3 Å². The van der Waals surface area contributed by atoms with Gasteiger partial charge < -0.3 is 14.5 Å². The second-order valence-corrected chi connectivity index (χ2v) is 19.1. The number of nitrogens with zero attached hydrogens (tertiary/aromatic N) is 11. The number of carbonyl (C=O) groups excluding carboxylic acids is 3. The van der Waals surface area contributed by atoms with Crippen LogP contribution in [0.1, 0.15) is 55.7 Å². The Morgan fingerprint density at radius 2 is 1.52 bits per heavy atom. The van der Waals surface area contributed by atoms with Gasteiger partial charge in [0.25, 0.3) is 17.0 Å². The first-order valence-corrected chi connectivity index (χ1v) is 24.6. The van der Waals surface area contributed by atoms with Gasteiger partial charge in [-0.15, -0.1) is 0 Å². The molecule has 4 fully saturated rings. The molecule has 18 heteroatoms. The van der Waals surface area contributed by atoms with Crippen LogP contribution in [0.25, 0.3) is 33.4 Å². The van der Waals surface area contributed by atoms with E-state index in [0.717, 1.165) is 112 Å². The van der Waals surface area contributed by atoms with E-state index >= 15 is 0 Å². The van der Waals surface area contributed by atoms with Crippen molar-refractivity contribution in [3.8, 4) is 34.5 Å². The molecule has 10 rings (SSSR count). The largest absolute Gasteiger partial charge is 0.490 e. The van der Waals surface area contributed by atoms with E-state index in [0.29, 0.717) is 53.2 Å². The van der Waals surface area contributed by atoms with Crippen molar-refractivity contribution in [1.82, 2.24) is 49.5 Å². The summed E-state index contributed by atoms with van der Waals surface area (Å²) >= 11 is 0. The minimum Gasteiger partial charge on any atom is -0.490 e. The Hall–Kier alpha value is -7.62. The molecule has 4 aliphatic rings. The summed E-state index contributed by atoms with van der Waals surface area (Å²) in [7, 11) is 0. The van der Waals surface area contributed by atoms with Crippen LogP contribution < -0.4 is 26.1 Å². The highest BCUT2D eigenvalue weighted by Crippen LogP contribution is 2.28. The van der Waals surface area contributed by atoms with Crippen molar-refractivity contribution >= 4 is 34.2 Å². The second-order valence-electron chi connectivity index (χ2n) is 19.1. The molecule has 0 radical (unpaired) electrons. The van der Waals surface area contributed by atoms with Gasteiger partial charge in [0.2, 0.25) is 11.8 Å². The van der Waals surface area contributed by atoms with Crippen LogP contribution in [0.2, 0.25) is 0 Å². The SMILES string of the molecule is N#Cc1cccc(-c2ccc(=O)n(Cc3cccc(-c4ncc(OCC5CCN(CC(=O)N6CCN(CC7CCN(c8ccc9c(=O)n(C%10CCC(=O)NC%10=O)ncc9c8)CC7)CC6)CC5)cn4)c3)n2)c1. The molecule has 0 saturated carbocycles. The van der Waals surface area contributed by atoms with Gasteiger partial charge in [0.1, 0.15) is 6.04 Å². The lowest BCUT2D eigenvalue weighted by Gasteiger charge is -2.40. The van der Waals surface area contributed by atoms with Crippen LogP contribution in [-0.4, -0.2) is 134 Å². The number of aromatic nitrogens is 6. The Labute approximate surface area is 410 Å². The zero-order valence-electron chi connectivity index (χ0n) is 39.6. The summed E-state index contributed by atoms with van der Waals surface area (Å²) in [4.78, 5) is 81.7. The zero-order chi connectivity index (χ0) is 48.8. The summed E-state index contributed by atoms with van der Waals surface area (Å²) in [5.41, 5.74) is 4.06. The number of nitrogens with one attached hydrogen (secondary N) is 1. The molecule has 0 bridgehead atoms. The van der Waals surface area contributed by atoms with E-state index in [4.69, 9.17) is 4.74 Å². The van der Waals surface area contributed by atoms with E-state index in [1.54, 1.807) is 42.9 Å². The fourth-order valence-corrected chi connectivity index (χ4v) is 10.2. The number of ether oxygens (including phenoxy) is 1. The molecule has 1 unspecified atom stereocenters. The molecule has 4 saturated heterocycles. The van der Waals surface area contributed by atoms with Crippen molar-refractivity contribution in [2.45, 2.75) is 51.1 Å². The van der Waals surface area contributed by atoms with Gasteiger partial charge in [0.05, 0.1) is 61.0 Å². The van der Waals surface area contributed by atoms with Gasteiger partial charge in [-0.3, -0.25) is 39.1 Å². The zero-order valence-corrected chi connectivity index (χ0v) is 39.6. The van der Waals surface area contributed by atoms with Crippen molar-refractivity contribution < 1.29 is 19.1 Å². The topological polar surface area (TPSA) is 205 Å². The van der Waals surface area contributed by atoms with Crippen LogP contribution in [0.4, 0.5) is 5.69 Å². The molecule has 7 heterocycles. The second kappa shape index (κ2) is 21.2. The van der Waals surface area contributed by atoms with Crippen LogP contribution in [0.3, 0.4) is 0 Å². The van der Waals surface area contributed by atoms with Gasteiger partial charge in [-0.1, -0.05) is 30.3 Å². The molecular weight excluding hydrogens is 901 g/mol. The maximum Gasteiger partial charge on any atom is 0.275 e. The number of benzene rings is 3. The number of hydrogen-bond donors (Lipinski definition) is 1. The predicted molar refractivity (Wildman–Crippen MR) is 265 cm³/mol. The number of piperazine rings is 1. The molecule has 0 aliphatic carbocycles. The molecular formula is C53H56N12O6. The predicted octanol–water partition coefficient (Wildman–Crippen LogP) is 4.13. The molecule has 1 atom stereocenters. The first-order chi connectivity index (χ1) is 34.6. The number of rotatable bonds is 13. The van der Waals surface area contributed by atoms with Crippen molar-refractivity contribution in [1.29, 1.82) is 5.26 Å². The Morgan fingerprint density at radius 3 is 2.30 bits per heavy atom. The Kier molecular flexibility index (Phi) is 14.0. The van der Waals surface area contributed by atoms with Crippen molar-refractivity contribution in [2.24, 2.45) is 11.8 Å². The first-order valence-electron chi connectivity index (χ1n) is 24.6. The number of carbonyl (C=O) groups is 3. The molecule has 6 aromatic rings. The van der Waals surface area contributed by atoms with E-state index in [1.807, 2.05) is 53.4 Å². The molecule has 3 aromatic carbocycles. The molecule has 18 nitrogen and oxygen atoms in total. The van der Waals surface area contributed by atoms with Gasteiger partial charge in [-0.25, -0.2) is 19.3 Å². The summed E-state index contributed by atoms with van der Waals surface area (Å²) in [5.74, 6) is 1.48. The molecule has 4 aliphatic heterocycles. The standard InChI is InChI=1S/C53H56N12O6/c54-28-38-3-1-5-40(25-38)46-9-12-49(67)64(59-46)33-39-4-2-6-41(26-39)51-55-30-44(31-56-51)71-35-37-13-17-60(18-14-37)34-50(68)63-23-21-61(22-24-63)32-36-15-19-62(20-16-36)43-7-8-45-42(27-43)29-57-65(53(45)70)47-10-11-48(66)58-52(47)69/h1-9,12,25-27,29-31,36-37,47H,10-11,13-24,32-35H2,(H,58,66,69). The van der Waals surface area contributed by atoms with Crippen LogP contribution in [-0.2, 0) is 20.9 Å². The highest BCUT2D eigenvalue weighted by Gasteiger charge is 2.31. The Morgan fingerprint density at radius 1 is 0.761 bits per heavy atom. The van der Waals surface area contributed by atoms with Gasteiger partial charge in [0, 0.05) is 80.5 Å². The summed E-state index contributed by atoms with van der Waals surface area (Å²) < 4.78 is 8.75. The number of amides is 3. The highest BCUT2D eigenvalue weighted by atomic mass is 16.5. The molecule has 71 heavy (non-hydrogen) atoms. The first kappa shape index (κ1) is 47.1. The third-order valence-electron chi connectivity index (χ3n) is 14.4. The number of imide groups is 1. The quantitative estimate of drug-likeness (QED) is 0.162. The molecule has 364 valence electrons. The lowest BCUT2D eigenvalue weighted by molar-refractivity contribution is -0.136. The minimum absolute atomic E-state index is 0.179. The van der Waals surface area contributed by atoms with Gasteiger partial charge >= 0.3 is 0 Å². The van der Waals surface area contributed by atoms with Crippen molar-refractivity contribution in [2.75, 3.05) is 77.0 Å². The number of anilines is 1.